The van der Waals surface area contributed by atoms with Gasteiger partial charge in [0.1, 0.15) is 29.4 Å². The van der Waals surface area contributed by atoms with E-state index in [1.54, 1.807) is 13.2 Å². The van der Waals surface area contributed by atoms with Crippen molar-refractivity contribution in [1.82, 2.24) is 5.16 Å². The lowest BCUT2D eigenvalue weighted by molar-refractivity contribution is 0.249. The van der Waals surface area contributed by atoms with Crippen molar-refractivity contribution in [2.75, 3.05) is 7.11 Å². The molecule has 6 nitrogen and oxygen atoms in total. The average molecular weight is 363 g/mol. The molecule has 27 heavy (non-hydrogen) atoms. The number of benzene rings is 2. The first-order valence-corrected chi connectivity index (χ1v) is 8.40. The van der Waals surface area contributed by atoms with Gasteiger partial charge in [-0.15, -0.1) is 0 Å². The largest absolute Gasteiger partial charge is 0.497 e. The highest BCUT2D eigenvalue weighted by molar-refractivity contribution is 5.81. The van der Waals surface area contributed by atoms with Gasteiger partial charge in [0, 0.05) is 29.1 Å². The van der Waals surface area contributed by atoms with Gasteiger partial charge >= 0.3 is 5.63 Å². The lowest BCUT2D eigenvalue weighted by atomic mass is 10.1. The number of methoxy groups -OCH3 is 1. The molecule has 0 spiro atoms. The molecule has 4 rings (SSSR count). The van der Waals surface area contributed by atoms with Crippen LogP contribution in [0.4, 0.5) is 0 Å². The fraction of sp³-hybridized carbons (Fsp3) is 0.143. The van der Waals surface area contributed by atoms with Gasteiger partial charge < -0.3 is 18.4 Å². The molecular weight excluding hydrogens is 346 g/mol. The maximum Gasteiger partial charge on any atom is 0.336 e. The first-order valence-electron chi connectivity index (χ1n) is 8.40. The van der Waals surface area contributed by atoms with Crippen LogP contribution in [0.3, 0.4) is 0 Å². The fourth-order valence-electron chi connectivity index (χ4n) is 2.83. The molecule has 0 saturated carbocycles. The first-order chi connectivity index (χ1) is 13.1. The second-order valence-corrected chi connectivity index (χ2v) is 6.10. The van der Waals surface area contributed by atoms with Crippen molar-refractivity contribution in [3.63, 3.8) is 0 Å². The van der Waals surface area contributed by atoms with E-state index in [0.717, 1.165) is 28.0 Å². The van der Waals surface area contributed by atoms with Crippen LogP contribution in [-0.2, 0) is 6.61 Å². The van der Waals surface area contributed by atoms with E-state index in [9.17, 15) is 4.79 Å². The normalized spacial score (nSPS) is 10.9. The van der Waals surface area contributed by atoms with Crippen molar-refractivity contribution in [1.29, 1.82) is 0 Å². The summed E-state index contributed by atoms with van der Waals surface area (Å²) >= 11 is 0. The second-order valence-electron chi connectivity index (χ2n) is 6.10. The van der Waals surface area contributed by atoms with Gasteiger partial charge in [-0.2, -0.15) is 0 Å². The van der Waals surface area contributed by atoms with E-state index in [4.69, 9.17) is 18.4 Å². The van der Waals surface area contributed by atoms with Crippen molar-refractivity contribution >= 4 is 11.0 Å². The molecule has 6 heteroatoms. The van der Waals surface area contributed by atoms with Gasteiger partial charge in [0.05, 0.1) is 7.11 Å². The predicted octanol–water partition coefficient (Wildman–Crippen LogP) is 4.34. The van der Waals surface area contributed by atoms with Crippen LogP contribution in [0.5, 0.6) is 11.5 Å². The topological polar surface area (TPSA) is 74.7 Å². The lowest BCUT2D eigenvalue weighted by Gasteiger charge is -2.05. The highest BCUT2D eigenvalue weighted by atomic mass is 16.5. The van der Waals surface area contributed by atoms with E-state index in [1.807, 2.05) is 49.4 Å². The Bertz CT molecular complexity index is 1140. The van der Waals surface area contributed by atoms with E-state index in [-0.39, 0.29) is 12.2 Å². The molecule has 0 atom stereocenters. The summed E-state index contributed by atoms with van der Waals surface area (Å²) in [7, 11) is 1.62. The number of nitrogens with zero attached hydrogens (tertiary/aromatic N) is 1. The number of aromatic nitrogens is 1. The molecule has 0 fully saturated rings. The Morgan fingerprint density at radius 3 is 2.56 bits per heavy atom. The van der Waals surface area contributed by atoms with E-state index in [0.29, 0.717) is 17.1 Å². The number of hydrogen-bond donors (Lipinski definition) is 0. The molecular formula is C21H17NO5. The third-order valence-electron chi connectivity index (χ3n) is 4.25. The average Bonchev–Trinajstić information content (AvgIpc) is 3.15. The molecule has 4 aromatic rings. The highest BCUT2D eigenvalue weighted by Crippen LogP contribution is 2.25. The standard InChI is InChI=1S/C21H17NO5/c1-13-9-21(23)26-20-11-16(7-8-18(13)20)25-12-17-10-19(22-27-17)14-3-5-15(24-2)6-4-14/h3-11H,12H2,1-2H3. The highest BCUT2D eigenvalue weighted by Gasteiger charge is 2.09. The van der Waals surface area contributed by atoms with Crippen molar-refractivity contribution in [2.24, 2.45) is 0 Å². The number of rotatable bonds is 5. The molecule has 2 heterocycles. The Balaban J connectivity index is 1.49. The Kier molecular flexibility index (Phi) is 4.38. The maximum absolute atomic E-state index is 11.5. The van der Waals surface area contributed by atoms with Gasteiger partial charge in [0.15, 0.2) is 5.76 Å². The minimum Gasteiger partial charge on any atom is -0.497 e. The lowest BCUT2D eigenvalue weighted by Crippen LogP contribution is -1.98. The van der Waals surface area contributed by atoms with Gasteiger partial charge in [0.2, 0.25) is 0 Å². The Morgan fingerprint density at radius 1 is 1.00 bits per heavy atom. The minimum absolute atomic E-state index is 0.213. The van der Waals surface area contributed by atoms with Crippen molar-refractivity contribution in [3.05, 3.63) is 76.3 Å². The molecule has 0 saturated heterocycles. The summed E-state index contributed by atoms with van der Waals surface area (Å²) in [6, 6.07) is 16.2. The summed E-state index contributed by atoms with van der Waals surface area (Å²) in [5.41, 5.74) is 2.63. The zero-order valence-electron chi connectivity index (χ0n) is 14.9. The van der Waals surface area contributed by atoms with E-state index >= 15 is 0 Å². The Hall–Kier alpha value is -3.54. The van der Waals surface area contributed by atoms with Gasteiger partial charge in [-0.25, -0.2) is 4.79 Å². The van der Waals surface area contributed by atoms with Crippen LogP contribution in [0.1, 0.15) is 11.3 Å². The quantitative estimate of drug-likeness (QED) is 0.491. The Labute approximate surface area is 154 Å². The molecule has 2 aromatic carbocycles. The van der Waals surface area contributed by atoms with Crippen molar-refractivity contribution in [3.8, 4) is 22.8 Å². The van der Waals surface area contributed by atoms with Crippen LogP contribution in [0.2, 0.25) is 0 Å². The van der Waals surface area contributed by atoms with Crippen LogP contribution in [-0.4, -0.2) is 12.3 Å². The molecule has 0 aliphatic heterocycles. The molecule has 0 amide bonds. The summed E-state index contributed by atoms with van der Waals surface area (Å²) in [6.45, 7) is 2.08. The summed E-state index contributed by atoms with van der Waals surface area (Å²) in [4.78, 5) is 11.5. The molecule has 2 aromatic heterocycles. The van der Waals surface area contributed by atoms with Crippen LogP contribution < -0.4 is 15.1 Å². The SMILES string of the molecule is COc1ccc(-c2cc(COc3ccc4c(C)cc(=O)oc4c3)on2)cc1. The molecule has 0 N–H and O–H groups in total. The maximum atomic E-state index is 11.5. The number of ether oxygens (including phenoxy) is 2. The van der Waals surface area contributed by atoms with Crippen LogP contribution in [0, 0.1) is 6.92 Å². The predicted molar refractivity (Wildman–Crippen MR) is 100 cm³/mol. The van der Waals surface area contributed by atoms with E-state index in [2.05, 4.69) is 5.16 Å². The van der Waals surface area contributed by atoms with Crippen molar-refractivity contribution in [2.45, 2.75) is 13.5 Å². The zero-order chi connectivity index (χ0) is 18.8. The summed E-state index contributed by atoms with van der Waals surface area (Å²) in [5, 5.41) is 4.95. The zero-order valence-corrected chi connectivity index (χ0v) is 14.9. The second kappa shape index (κ2) is 6.99. The summed E-state index contributed by atoms with van der Waals surface area (Å²) < 4.78 is 21.5. The minimum atomic E-state index is -0.378. The van der Waals surface area contributed by atoms with Gasteiger partial charge in [-0.1, -0.05) is 5.16 Å². The molecule has 0 unspecified atom stereocenters. The molecule has 0 radical (unpaired) electrons. The van der Waals surface area contributed by atoms with Gasteiger partial charge in [-0.05, 0) is 48.9 Å². The first kappa shape index (κ1) is 16.9. The van der Waals surface area contributed by atoms with Gasteiger partial charge in [0.25, 0.3) is 0 Å². The van der Waals surface area contributed by atoms with Crippen LogP contribution >= 0.6 is 0 Å². The number of aryl methyl sites for hydroxylation is 1. The Morgan fingerprint density at radius 2 is 1.78 bits per heavy atom. The van der Waals surface area contributed by atoms with Gasteiger partial charge in [-0.3, -0.25) is 0 Å². The van der Waals surface area contributed by atoms with Crippen LogP contribution in [0.15, 0.2) is 68.3 Å². The monoisotopic (exact) mass is 363 g/mol. The third-order valence-corrected chi connectivity index (χ3v) is 4.25. The third kappa shape index (κ3) is 3.55. The molecule has 136 valence electrons. The van der Waals surface area contributed by atoms with Crippen molar-refractivity contribution < 1.29 is 18.4 Å². The summed E-state index contributed by atoms with van der Waals surface area (Å²) in [6.07, 6.45) is 0. The molecule has 0 aliphatic carbocycles. The summed E-state index contributed by atoms with van der Waals surface area (Å²) in [5.74, 6) is 1.95. The fourth-order valence-corrected chi connectivity index (χ4v) is 2.83. The smallest absolute Gasteiger partial charge is 0.336 e. The molecule has 0 aliphatic rings. The molecule has 0 bridgehead atoms. The van der Waals surface area contributed by atoms with E-state index < -0.39 is 0 Å². The van der Waals surface area contributed by atoms with E-state index in [1.165, 1.54) is 6.07 Å². The number of hydrogen-bond acceptors (Lipinski definition) is 6. The number of fused-ring (bicyclic) bond motifs is 1. The van der Waals surface area contributed by atoms with Crippen LogP contribution in [0.25, 0.3) is 22.2 Å².